The molecule has 1 fully saturated rings. The number of fused-ring (bicyclic) bond motifs is 1. The second-order valence-electron chi connectivity index (χ2n) is 7.05. The van der Waals surface area contributed by atoms with E-state index in [4.69, 9.17) is 16.3 Å². The maximum absolute atomic E-state index is 12.5. The Labute approximate surface area is 170 Å². The Hall–Kier alpha value is -2.56. The fraction of sp³-hybridized carbons (Fsp3) is 0.261. The lowest BCUT2D eigenvalue weighted by molar-refractivity contribution is -0.135. The molecule has 1 aliphatic rings. The van der Waals surface area contributed by atoms with E-state index in [-0.39, 0.29) is 12.5 Å². The maximum Gasteiger partial charge on any atom is 0.260 e. The van der Waals surface area contributed by atoms with Gasteiger partial charge in [0, 0.05) is 37.7 Å². The van der Waals surface area contributed by atoms with Gasteiger partial charge in [-0.05, 0) is 34.5 Å². The highest BCUT2D eigenvalue weighted by molar-refractivity contribution is 6.31. The molecular weight excluding hydrogens is 372 g/mol. The molecule has 0 aromatic heterocycles. The van der Waals surface area contributed by atoms with Gasteiger partial charge in [0.05, 0.1) is 0 Å². The van der Waals surface area contributed by atoms with Gasteiger partial charge >= 0.3 is 0 Å². The maximum atomic E-state index is 12.5. The van der Waals surface area contributed by atoms with Crippen LogP contribution in [-0.2, 0) is 11.3 Å². The number of benzene rings is 3. The number of amides is 1. The predicted octanol–water partition coefficient (Wildman–Crippen LogP) is 4.22. The Morgan fingerprint density at radius 1 is 0.893 bits per heavy atom. The van der Waals surface area contributed by atoms with Crippen molar-refractivity contribution in [2.24, 2.45) is 0 Å². The average molecular weight is 395 g/mol. The molecule has 4 nitrogen and oxygen atoms in total. The monoisotopic (exact) mass is 394 g/mol. The third kappa shape index (κ3) is 4.46. The summed E-state index contributed by atoms with van der Waals surface area (Å²) < 4.78 is 5.75. The highest BCUT2D eigenvalue weighted by Gasteiger charge is 2.21. The zero-order valence-corrected chi connectivity index (χ0v) is 16.4. The van der Waals surface area contributed by atoms with E-state index in [0.29, 0.717) is 13.1 Å². The highest BCUT2D eigenvalue weighted by atomic mass is 35.5. The van der Waals surface area contributed by atoms with Crippen molar-refractivity contribution >= 4 is 28.3 Å². The van der Waals surface area contributed by atoms with Gasteiger partial charge in [0.15, 0.2) is 6.61 Å². The number of hydrogen-bond donors (Lipinski definition) is 0. The molecule has 1 heterocycles. The largest absolute Gasteiger partial charge is 0.484 e. The summed E-state index contributed by atoms with van der Waals surface area (Å²) in [6.45, 7) is 3.99. The molecule has 0 spiro atoms. The van der Waals surface area contributed by atoms with Crippen molar-refractivity contribution in [3.8, 4) is 5.75 Å². The summed E-state index contributed by atoms with van der Waals surface area (Å²) in [7, 11) is 0. The SMILES string of the molecule is O=C(COc1ccc2ccccc2c1)N1CCN(Cc2ccccc2Cl)CC1. The molecular formula is C23H23ClN2O2. The lowest BCUT2D eigenvalue weighted by Gasteiger charge is -2.34. The van der Waals surface area contributed by atoms with E-state index in [1.54, 1.807) is 0 Å². The first-order valence-electron chi connectivity index (χ1n) is 9.54. The molecule has 0 N–H and O–H groups in total. The third-order valence-corrected chi connectivity index (χ3v) is 5.53. The summed E-state index contributed by atoms with van der Waals surface area (Å²) in [5, 5.41) is 3.07. The van der Waals surface area contributed by atoms with Crippen LogP contribution in [0.1, 0.15) is 5.56 Å². The molecule has 3 aromatic carbocycles. The van der Waals surface area contributed by atoms with Crippen molar-refractivity contribution in [3.63, 3.8) is 0 Å². The van der Waals surface area contributed by atoms with Crippen molar-refractivity contribution in [3.05, 3.63) is 77.3 Å². The van der Waals surface area contributed by atoms with Crippen LogP contribution in [0.25, 0.3) is 10.8 Å². The Morgan fingerprint density at radius 2 is 1.61 bits per heavy atom. The first kappa shape index (κ1) is 18.8. The van der Waals surface area contributed by atoms with Crippen LogP contribution in [0.4, 0.5) is 0 Å². The topological polar surface area (TPSA) is 32.8 Å². The molecule has 0 saturated carbocycles. The highest BCUT2D eigenvalue weighted by Crippen LogP contribution is 2.21. The van der Waals surface area contributed by atoms with E-state index in [0.717, 1.165) is 46.7 Å². The van der Waals surface area contributed by atoms with Gasteiger partial charge in [0.2, 0.25) is 0 Å². The van der Waals surface area contributed by atoms with Crippen molar-refractivity contribution in [2.75, 3.05) is 32.8 Å². The number of carbonyl (C=O) groups excluding carboxylic acids is 1. The van der Waals surface area contributed by atoms with E-state index in [1.807, 2.05) is 59.5 Å². The minimum atomic E-state index is 0.0329. The quantitative estimate of drug-likeness (QED) is 0.649. The number of nitrogens with zero attached hydrogens (tertiary/aromatic N) is 2. The van der Waals surface area contributed by atoms with E-state index in [1.165, 1.54) is 0 Å². The second-order valence-corrected chi connectivity index (χ2v) is 7.45. The smallest absolute Gasteiger partial charge is 0.260 e. The number of halogens is 1. The number of piperazine rings is 1. The van der Waals surface area contributed by atoms with Crippen LogP contribution in [0, 0.1) is 0 Å². The van der Waals surface area contributed by atoms with Gasteiger partial charge < -0.3 is 9.64 Å². The van der Waals surface area contributed by atoms with Gasteiger partial charge in [-0.3, -0.25) is 9.69 Å². The van der Waals surface area contributed by atoms with Gasteiger partial charge in [-0.1, -0.05) is 60.1 Å². The Morgan fingerprint density at radius 3 is 2.39 bits per heavy atom. The first-order chi connectivity index (χ1) is 13.7. The van der Waals surface area contributed by atoms with Crippen molar-refractivity contribution in [1.29, 1.82) is 0 Å². The van der Waals surface area contributed by atoms with Gasteiger partial charge in [-0.15, -0.1) is 0 Å². The van der Waals surface area contributed by atoms with E-state index < -0.39 is 0 Å². The fourth-order valence-corrected chi connectivity index (χ4v) is 3.71. The average Bonchev–Trinajstić information content (AvgIpc) is 2.74. The molecule has 0 aliphatic carbocycles. The molecule has 0 radical (unpaired) electrons. The van der Waals surface area contributed by atoms with Crippen molar-refractivity contribution in [2.45, 2.75) is 6.54 Å². The zero-order chi connectivity index (χ0) is 19.3. The number of rotatable bonds is 5. The number of carbonyl (C=O) groups is 1. The van der Waals surface area contributed by atoms with Gasteiger partial charge in [0.1, 0.15) is 5.75 Å². The van der Waals surface area contributed by atoms with E-state index in [9.17, 15) is 4.79 Å². The van der Waals surface area contributed by atoms with Crippen molar-refractivity contribution < 1.29 is 9.53 Å². The first-order valence-corrected chi connectivity index (χ1v) is 9.92. The van der Waals surface area contributed by atoms with Crippen LogP contribution >= 0.6 is 11.6 Å². The molecule has 1 aliphatic heterocycles. The Kier molecular flexibility index (Phi) is 5.79. The van der Waals surface area contributed by atoms with Gasteiger partial charge in [-0.25, -0.2) is 0 Å². The van der Waals surface area contributed by atoms with E-state index in [2.05, 4.69) is 17.0 Å². The fourth-order valence-electron chi connectivity index (χ4n) is 3.52. The molecule has 3 aromatic rings. The normalized spacial score (nSPS) is 15.0. The summed E-state index contributed by atoms with van der Waals surface area (Å²) in [6.07, 6.45) is 0. The van der Waals surface area contributed by atoms with Gasteiger partial charge in [0.25, 0.3) is 5.91 Å². The summed E-state index contributed by atoms with van der Waals surface area (Å²) in [5.41, 5.74) is 1.13. The van der Waals surface area contributed by atoms with Crippen LogP contribution in [0.3, 0.4) is 0 Å². The molecule has 1 saturated heterocycles. The summed E-state index contributed by atoms with van der Waals surface area (Å²) >= 11 is 6.25. The number of hydrogen-bond acceptors (Lipinski definition) is 3. The summed E-state index contributed by atoms with van der Waals surface area (Å²) in [4.78, 5) is 16.7. The molecule has 28 heavy (non-hydrogen) atoms. The molecule has 0 unspecified atom stereocenters. The molecule has 144 valence electrons. The third-order valence-electron chi connectivity index (χ3n) is 5.16. The Bertz CT molecular complexity index is 967. The lowest BCUT2D eigenvalue weighted by Crippen LogP contribution is -2.49. The minimum Gasteiger partial charge on any atom is -0.484 e. The summed E-state index contributed by atoms with van der Waals surface area (Å²) in [6, 6.07) is 21.9. The molecule has 4 rings (SSSR count). The molecule has 1 amide bonds. The minimum absolute atomic E-state index is 0.0329. The number of ether oxygens (including phenoxy) is 1. The predicted molar refractivity (Wildman–Crippen MR) is 113 cm³/mol. The van der Waals surface area contributed by atoms with E-state index >= 15 is 0 Å². The molecule has 0 bridgehead atoms. The van der Waals surface area contributed by atoms with Crippen LogP contribution < -0.4 is 4.74 Å². The second kappa shape index (κ2) is 8.63. The standard InChI is InChI=1S/C23H23ClN2O2/c24-22-8-4-3-7-20(22)16-25-11-13-26(14-12-25)23(27)17-28-21-10-9-18-5-1-2-6-19(18)15-21/h1-10,15H,11-14,16-17H2. The summed E-state index contributed by atoms with van der Waals surface area (Å²) in [5.74, 6) is 0.759. The lowest BCUT2D eigenvalue weighted by atomic mass is 10.1. The van der Waals surface area contributed by atoms with Crippen LogP contribution in [0.15, 0.2) is 66.7 Å². The van der Waals surface area contributed by atoms with Crippen LogP contribution in [0.5, 0.6) is 5.75 Å². The van der Waals surface area contributed by atoms with Crippen LogP contribution in [0.2, 0.25) is 5.02 Å². The van der Waals surface area contributed by atoms with Crippen molar-refractivity contribution in [1.82, 2.24) is 9.80 Å². The zero-order valence-electron chi connectivity index (χ0n) is 15.7. The van der Waals surface area contributed by atoms with Gasteiger partial charge in [-0.2, -0.15) is 0 Å². The molecule has 5 heteroatoms. The molecule has 0 atom stereocenters. The Balaban J connectivity index is 1.27. The van der Waals surface area contributed by atoms with Crippen LogP contribution in [-0.4, -0.2) is 48.5 Å².